The maximum Gasteiger partial charge on any atom is 0.129 e. The standard InChI is InChI=1S/C16H19N3/c1-11-9-12(16(2,3)4)5-6-13(11)14(10-17)15-18-7-8-19-15/h5-9,14H,1-4H3,(H,18,19). The number of imidazole rings is 1. The first kappa shape index (κ1) is 13.4. The third-order valence-electron chi connectivity index (χ3n) is 3.37. The zero-order valence-electron chi connectivity index (χ0n) is 11.9. The van der Waals surface area contributed by atoms with E-state index in [9.17, 15) is 5.26 Å². The average molecular weight is 253 g/mol. The van der Waals surface area contributed by atoms with E-state index in [-0.39, 0.29) is 11.3 Å². The van der Waals surface area contributed by atoms with Crippen molar-refractivity contribution in [2.24, 2.45) is 0 Å². The highest BCUT2D eigenvalue weighted by Crippen LogP contribution is 2.29. The van der Waals surface area contributed by atoms with Crippen LogP contribution in [0.25, 0.3) is 0 Å². The van der Waals surface area contributed by atoms with Gasteiger partial charge in [0.2, 0.25) is 0 Å². The quantitative estimate of drug-likeness (QED) is 0.887. The zero-order valence-corrected chi connectivity index (χ0v) is 11.9. The van der Waals surface area contributed by atoms with Crippen molar-refractivity contribution in [3.8, 4) is 6.07 Å². The van der Waals surface area contributed by atoms with Gasteiger partial charge in [-0.25, -0.2) is 4.98 Å². The van der Waals surface area contributed by atoms with Crippen LogP contribution >= 0.6 is 0 Å². The zero-order chi connectivity index (χ0) is 14.0. The van der Waals surface area contributed by atoms with Crippen LogP contribution in [0.1, 0.15) is 49.2 Å². The first-order chi connectivity index (χ1) is 8.93. The van der Waals surface area contributed by atoms with Crippen LogP contribution in [0.5, 0.6) is 0 Å². The number of aryl methyl sites for hydroxylation is 1. The van der Waals surface area contributed by atoms with E-state index in [0.29, 0.717) is 5.82 Å². The van der Waals surface area contributed by atoms with Crippen LogP contribution in [0.4, 0.5) is 0 Å². The van der Waals surface area contributed by atoms with Gasteiger partial charge in [-0.2, -0.15) is 5.26 Å². The Bertz CT molecular complexity index is 598. The molecule has 0 radical (unpaired) electrons. The highest BCUT2D eigenvalue weighted by Gasteiger charge is 2.20. The molecule has 2 aromatic rings. The highest BCUT2D eigenvalue weighted by molar-refractivity contribution is 5.41. The lowest BCUT2D eigenvalue weighted by Crippen LogP contribution is -2.12. The Morgan fingerprint density at radius 3 is 2.53 bits per heavy atom. The fraction of sp³-hybridized carbons (Fsp3) is 0.375. The minimum absolute atomic E-state index is 0.121. The summed E-state index contributed by atoms with van der Waals surface area (Å²) in [6.07, 6.45) is 3.43. The van der Waals surface area contributed by atoms with Gasteiger partial charge >= 0.3 is 0 Å². The summed E-state index contributed by atoms with van der Waals surface area (Å²) in [6, 6.07) is 8.65. The number of nitriles is 1. The summed E-state index contributed by atoms with van der Waals surface area (Å²) in [6.45, 7) is 8.62. The largest absolute Gasteiger partial charge is 0.347 e. The van der Waals surface area contributed by atoms with Crippen LogP contribution in [0.3, 0.4) is 0 Å². The number of H-pyrrole nitrogens is 1. The van der Waals surface area contributed by atoms with Crippen LogP contribution in [-0.4, -0.2) is 9.97 Å². The Hall–Kier alpha value is -2.08. The SMILES string of the molecule is Cc1cc(C(C)(C)C)ccc1C(C#N)c1ncc[nH]1. The van der Waals surface area contributed by atoms with Crippen molar-refractivity contribution in [2.45, 2.75) is 39.0 Å². The third-order valence-corrected chi connectivity index (χ3v) is 3.37. The summed E-state index contributed by atoms with van der Waals surface area (Å²) >= 11 is 0. The van der Waals surface area contributed by atoms with Crippen molar-refractivity contribution in [1.82, 2.24) is 9.97 Å². The molecular weight excluding hydrogens is 234 g/mol. The normalized spacial score (nSPS) is 13.0. The third kappa shape index (κ3) is 2.68. The predicted molar refractivity (Wildman–Crippen MR) is 75.9 cm³/mol. The molecule has 1 N–H and O–H groups in total. The number of hydrogen-bond acceptors (Lipinski definition) is 2. The molecule has 0 saturated heterocycles. The first-order valence-corrected chi connectivity index (χ1v) is 6.43. The minimum atomic E-state index is -0.330. The van der Waals surface area contributed by atoms with Gasteiger partial charge in [0.15, 0.2) is 0 Å². The van der Waals surface area contributed by atoms with Gasteiger partial charge in [0, 0.05) is 12.4 Å². The Kier molecular flexibility index (Phi) is 3.44. The summed E-state index contributed by atoms with van der Waals surface area (Å²) in [7, 11) is 0. The molecule has 3 heteroatoms. The lowest BCUT2D eigenvalue weighted by Gasteiger charge is -2.21. The van der Waals surface area contributed by atoms with E-state index in [2.05, 4.69) is 55.9 Å². The highest BCUT2D eigenvalue weighted by atomic mass is 14.9. The second-order valence-electron chi connectivity index (χ2n) is 5.86. The molecule has 3 nitrogen and oxygen atoms in total. The molecule has 0 bridgehead atoms. The second kappa shape index (κ2) is 4.89. The number of nitrogens with one attached hydrogen (secondary N) is 1. The molecule has 1 heterocycles. The molecular formula is C16H19N3. The summed E-state index contributed by atoms with van der Waals surface area (Å²) < 4.78 is 0. The van der Waals surface area contributed by atoms with Gasteiger partial charge in [-0.3, -0.25) is 0 Å². The average Bonchev–Trinajstić information content (AvgIpc) is 2.84. The first-order valence-electron chi connectivity index (χ1n) is 6.43. The fourth-order valence-corrected chi connectivity index (χ4v) is 2.18. The summed E-state index contributed by atoms with van der Waals surface area (Å²) in [5.74, 6) is 0.373. The van der Waals surface area contributed by atoms with E-state index < -0.39 is 0 Å². The number of nitrogens with zero attached hydrogens (tertiary/aromatic N) is 2. The smallest absolute Gasteiger partial charge is 0.129 e. The van der Waals surface area contributed by atoms with Crippen molar-refractivity contribution in [2.75, 3.05) is 0 Å². The Balaban J connectivity index is 2.44. The molecule has 0 saturated carbocycles. The molecule has 1 aromatic heterocycles. The van der Waals surface area contributed by atoms with E-state index in [1.807, 2.05) is 6.07 Å². The van der Waals surface area contributed by atoms with Crippen molar-refractivity contribution >= 4 is 0 Å². The molecule has 0 spiro atoms. The van der Waals surface area contributed by atoms with Crippen LogP contribution in [-0.2, 0) is 5.41 Å². The Morgan fingerprint density at radius 2 is 2.05 bits per heavy atom. The molecule has 0 aliphatic rings. The lowest BCUT2D eigenvalue weighted by molar-refractivity contribution is 0.589. The number of hydrogen-bond donors (Lipinski definition) is 1. The number of aromatic amines is 1. The summed E-state index contributed by atoms with van der Waals surface area (Å²) in [5, 5.41) is 9.39. The van der Waals surface area contributed by atoms with Crippen LogP contribution in [0.15, 0.2) is 30.6 Å². The maximum absolute atomic E-state index is 9.39. The molecule has 98 valence electrons. The molecule has 1 unspecified atom stereocenters. The van der Waals surface area contributed by atoms with Gasteiger partial charge in [0.05, 0.1) is 6.07 Å². The van der Waals surface area contributed by atoms with Gasteiger partial charge < -0.3 is 4.98 Å². The van der Waals surface area contributed by atoms with Crippen LogP contribution in [0, 0.1) is 18.3 Å². The van der Waals surface area contributed by atoms with Gasteiger partial charge in [-0.05, 0) is 29.0 Å². The molecule has 2 rings (SSSR count). The summed E-state index contributed by atoms with van der Waals surface area (Å²) in [5.41, 5.74) is 3.56. The molecule has 1 aromatic carbocycles. The minimum Gasteiger partial charge on any atom is -0.347 e. The van der Waals surface area contributed by atoms with Crippen molar-refractivity contribution in [3.05, 3.63) is 53.1 Å². The Labute approximate surface area is 114 Å². The van der Waals surface area contributed by atoms with E-state index in [1.165, 1.54) is 5.56 Å². The number of aromatic nitrogens is 2. The maximum atomic E-state index is 9.39. The van der Waals surface area contributed by atoms with E-state index in [1.54, 1.807) is 12.4 Å². The fourth-order valence-electron chi connectivity index (χ4n) is 2.18. The van der Waals surface area contributed by atoms with Crippen LogP contribution < -0.4 is 0 Å². The second-order valence-corrected chi connectivity index (χ2v) is 5.86. The monoisotopic (exact) mass is 253 g/mol. The Morgan fingerprint density at radius 1 is 1.32 bits per heavy atom. The number of benzene rings is 1. The topological polar surface area (TPSA) is 52.5 Å². The molecule has 0 aliphatic heterocycles. The van der Waals surface area contributed by atoms with E-state index >= 15 is 0 Å². The van der Waals surface area contributed by atoms with E-state index in [0.717, 1.165) is 11.1 Å². The van der Waals surface area contributed by atoms with Gasteiger partial charge in [-0.1, -0.05) is 39.0 Å². The van der Waals surface area contributed by atoms with Gasteiger partial charge in [0.1, 0.15) is 11.7 Å². The van der Waals surface area contributed by atoms with Gasteiger partial charge in [0.25, 0.3) is 0 Å². The molecule has 0 amide bonds. The van der Waals surface area contributed by atoms with Gasteiger partial charge in [-0.15, -0.1) is 0 Å². The van der Waals surface area contributed by atoms with Crippen molar-refractivity contribution < 1.29 is 0 Å². The van der Waals surface area contributed by atoms with Crippen molar-refractivity contribution in [1.29, 1.82) is 5.26 Å². The predicted octanol–water partition coefficient (Wildman–Crippen LogP) is 3.67. The molecule has 1 atom stereocenters. The summed E-state index contributed by atoms with van der Waals surface area (Å²) in [4.78, 5) is 7.22. The molecule has 0 fully saturated rings. The lowest BCUT2D eigenvalue weighted by atomic mass is 9.83. The number of rotatable bonds is 2. The van der Waals surface area contributed by atoms with Crippen molar-refractivity contribution in [3.63, 3.8) is 0 Å². The van der Waals surface area contributed by atoms with Crippen LogP contribution in [0.2, 0.25) is 0 Å². The molecule has 0 aliphatic carbocycles. The van der Waals surface area contributed by atoms with E-state index in [4.69, 9.17) is 0 Å². The molecule has 19 heavy (non-hydrogen) atoms.